The molecule has 1 aromatic rings. The van der Waals surface area contributed by atoms with E-state index >= 15 is 0 Å². The average Bonchev–Trinajstić information content (AvgIpc) is 2.93. The van der Waals surface area contributed by atoms with Crippen LogP contribution >= 0.6 is 12.4 Å². The summed E-state index contributed by atoms with van der Waals surface area (Å²) in [5, 5.41) is 5.63. The van der Waals surface area contributed by atoms with Gasteiger partial charge in [-0.25, -0.2) is 0 Å². The molecule has 3 rings (SSSR count). The predicted octanol–water partition coefficient (Wildman–Crippen LogP) is 2.53. The summed E-state index contributed by atoms with van der Waals surface area (Å²) >= 11 is 0. The Morgan fingerprint density at radius 1 is 1.33 bits per heavy atom. The topological polar surface area (TPSA) is 74.0 Å². The molecule has 1 amide bonds. The van der Waals surface area contributed by atoms with Crippen molar-refractivity contribution in [3.63, 3.8) is 0 Å². The molecule has 1 aromatic heterocycles. The molecule has 3 N–H and O–H groups in total. The SMILES string of the molecule is Cl.O=C(Nc1cc(C(F)(F)F)c[nH]c1=O)[C@@]12CCCC[C@H]1CNC2. The molecule has 1 aliphatic carbocycles. The highest BCUT2D eigenvalue weighted by Crippen LogP contribution is 2.44. The Hall–Kier alpha value is -1.54. The van der Waals surface area contributed by atoms with Crippen molar-refractivity contribution in [3.05, 3.63) is 28.2 Å². The Kier molecular flexibility index (Phi) is 5.29. The molecule has 2 heterocycles. The minimum atomic E-state index is -4.58. The number of aromatic amines is 1. The second-order valence-corrected chi connectivity index (χ2v) is 6.31. The maximum atomic E-state index is 12.8. The van der Waals surface area contributed by atoms with Crippen molar-refractivity contribution in [2.75, 3.05) is 18.4 Å². The summed E-state index contributed by atoms with van der Waals surface area (Å²) in [6.07, 6.45) is -0.413. The number of amides is 1. The largest absolute Gasteiger partial charge is 0.417 e. The van der Waals surface area contributed by atoms with E-state index in [0.717, 1.165) is 25.8 Å². The number of aromatic nitrogens is 1. The first kappa shape index (κ1) is 18.8. The number of alkyl halides is 3. The fourth-order valence-electron chi connectivity index (χ4n) is 3.68. The number of carbonyl (C=O) groups excluding carboxylic acids is 1. The molecule has 0 radical (unpaired) electrons. The molecule has 2 fully saturated rings. The second-order valence-electron chi connectivity index (χ2n) is 6.31. The zero-order chi connectivity index (χ0) is 16.7. The van der Waals surface area contributed by atoms with Crippen LogP contribution in [0.4, 0.5) is 18.9 Å². The van der Waals surface area contributed by atoms with E-state index in [9.17, 15) is 22.8 Å². The van der Waals surface area contributed by atoms with Crippen LogP contribution < -0.4 is 16.2 Å². The summed E-state index contributed by atoms with van der Waals surface area (Å²) in [5.74, 6) is -0.196. The summed E-state index contributed by atoms with van der Waals surface area (Å²) in [5.41, 5.74) is -2.70. The van der Waals surface area contributed by atoms with Crippen LogP contribution in [0.5, 0.6) is 0 Å². The van der Waals surface area contributed by atoms with Crippen molar-refractivity contribution in [1.82, 2.24) is 10.3 Å². The van der Waals surface area contributed by atoms with Crippen molar-refractivity contribution in [2.24, 2.45) is 11.3 Å². The van der Waals surface area contributed by atoms with Gasteiger partial charge in [-0.3, -0.25) is 9.59 Å². The van der Waals surface area contributed by atoms with E-state index in [0.29, 0.717) is 25.2 Å². The van der Waals surface area contributed by atoms with E-state index in [1.807, 2.05) is 4.98 Å². The van der Waals surface area contributed by atoms with Gasteiger partial charge in [-0.2, -0.15) is 13.2 Å². The number of H-pyrrole nitrogens is 1. The molecule has 9 heteroatoms. The maximum Gasteiger partial charge on any atom is 0.417 e. The first-order valence-electron chi connectivity index (χ1n) is 7.65. The lowest BCUT2D eigenvalue weighted by molar-refractivity contribution is -0.138. The molecule has 1 aliphatic heterocycles. The number of carbonyl (C=O) groups is 1. The number of nitrogens with one attached hydrogen (secondary N) is 3. The zero-order valence-corrected chi connectivity index (χ0v) is 13.6. The Balaban J connectivity index is 0.00000208. The van der Waals surface area contributed by atoms with E-state index < -0.39 is 22.7 Å². The minimum Gasteiger partial charge on any atom is -0.327 e. The minimum absolute atomic E-state index is 0. The standard InChI is InChI=1S/C15H18F3N3O2.ClH/c16-15(17,18)10-5-11(12(22)20-7-10)21-13(23)14-4-2-1-3-9(14)6-19-8-14;/h5,7,9,19H,1-4,6,8H2,(H,20,22)(H,21,23);1H/t9-,14+;/m0./s1. The van der Waals surface area contributed by atoms with Crippen LogP contribution in [0.1, 0.15) is 31.2 Å². The van der Waals surface area contributed by atoms with Crippen LogP contribution in [0.15, 0.2) is 17.1 Å². The van der Waals surface area contributed by atoms with Gasteiger partial charge >= 0.3 is 6.18 Å². The Morgan fingerprint density at radius 2 is 2.08 bits per heavy atom. The van der Waals surface area contributed by atoms with Crippen molar-refractivity contribution < 1.29 is 18.0 Å². The molecule has 0 unspecified atom stereocenters. The second kappa shape index (κ2) is 6.76. The number of halogens is 4. The molecule has 134 valence electrons. The van der Waals surface area contributed by atoms with E-state index in [1.165, 1.54) is 0 Å². The highest BCUT2D eigenvalue weighted by atomic mass is 35.5. The first-order chi connectivity index (χ1) is 10.8. The third kappa shape index (κ3) is 3.30. The van der Waals surface area contributed by atoms with Crippen molar-refractivity contribution in [3.8, 4) is 0 Å². The Labute approximate surface area is 142 Å². The fraction of sp³-hybridized carbons (Fsp3) is 0.600. The number of pyridine rings is 1. The number of hydrogen-bond donors (Lipinski definition) is 3. The van der Waals surface area contributed by atoms with Crippen LogP contribution in [0, 0.1) is 11.3 Å². The van der Waals surface area contributed by atoms with Gasteiger partial charge in [-0.1, -0.05) is 12.8 Å². The monoisotopic (exact) mass is 365 g/mol. The quantitative estimate of drug-likeness (QED) is 0.754. The Bertz CT molecular complexity index is 677. The molecule has 1 saturated heterocycles. The molecular formula is C15H19ClF3N3O2. The predicted molar refractivity (Wildman–Crippen MR) is 85.2 cm³/mol. The number of fused-ring (bicyclic) bond motifs is 1. The highest BCUT2D eigenvalue weighted by Gasteiger charge is 2.50. The van der Waals surface area contributed by atoms with Crippen LogP contribution in [-0.2, 0) is 11.0 Å². The van der Waals surface area contributed by atoms with Gasteiger partial charge in [-0.05, 0) is 31.4 Å². The Morgan fingerprint density at radius 3 is 2.79 bits per heavy atom. The molecular weight excluding hydrogens is 347 g/mol. The van der Waals surface area contributed by atoms with Gasteiger partial charge in [-0.15, -0.1) is 12.4 Å². The van der Waals surface area contributed by atoms with Gasteiger partial charge in [0.25, 0.3) is 5.56 Å². The lowest BCUT2D eigenvalue weighted by Gasteiger charge is -2.37. The van der Waals surface area contributed by atoms with Crippen molar-refractivity contribution in [2.45, 2.75) is 31.9 Å². The van der Waals surface area contributed by atoms with Gasteiger partial charge in [0.05, 0.1) is 11.0 Å². The van der Waals surface area contributed by atoms with E-state index in [2.05, 4.69) is 10.6 Å². The zero-order valence-electron chi connectivity index (χ0n) is 12.8. The van der Waals surface area contributed by atoms with Crippen molar-refractivity contribution >= 4 is 24.0 Å². The smallest absolute Gasteiger partial charge is 0.327 e. The first-order valence-corrected chi connectivity index (χ1v) is 7.65. The van der Waals surface area contributed by atoms with Gasteiger partial charge in [0, 0.05) is 12.7 Å². The summed E-state index contributed by atoms with van der Waals surface area (Å²) in [6, 6.07) is 0.688. The normalized spacial score (nSPS) is 26.4. The summed E-state index contributed by atoms with van der Waals surface area (Å²) in [4.78, 5) is 26.5. The number of hydrogen-bond acceptors (Lipinski definition) is 3. The average molecular weight is 366 g/mol. The van der Waals surface area contributed by atoms with Crippen molar-refractivity contribution in [1.29, 1.82) is 0 Å². The maximum absolute atomic E-state index is 12.8. The summed E-state index contributed by atoms with van der Waals surface area (Å²) in [7, 11) is 0. The van der Waals surface area contributed by atoms with Crippen LogP contribution in [-0.4, -0.2) is 24.0 Å². The number of rotatable bonds is 2. The van der Waals surface area contributed by atoms with Gasteiger partial charge in [0.15, 0.2) is 0 Å². The van der Waals surface area contributed by atoms with E-state index in [4.69, 9.17) is 0 Å². The lowest BCUT2D eigenvalue weighted by atomic mass is 9.67. The lowest BCUT2D eigenvalue weighted by Crippen LogP contribution is -2.45. The van der Waals surface area contributed by atoms with Crippen LogP contribution in [0.2, 0.25) is 0 Å². The van der Waals surface area contributed by atoms with E-state index in [-0.39, 0.29) is 29.9 Å². The molecule has 2 aliphatic rings. The molecule has 2 atom stereocenters. The van der Waals surface area contributed by atoms with Crippen LogP contribution in [0.25, 0.3) is 0 Å². The molecule has 5 nitrogen and oxygen atoms in total. The fourth-order valence-corrected chi connectivity index (χ4v) is 3.68. The highest BCUT2D eigenvalue weighted by molar-refractivity contribution is 5.96. The molecule has 1 saturated carbocycles. The molecule has 0 bridgehead atoms. The van der Waals surface area contributed by atoms with Gasteiger partial charge < -0.3 is 15.6 Å². The van der Waals surface area contributed by atoms with E-state index in [1.54, 1.807) is 0 Å². The molecule has 0 aromatic carbocycles. The van der Waals surface area contributed by atoms with Gasteiger partial charge in [0.2, 0.25) is 5.91 Å². The third-order valence-electron chi connectivity index (χ3n) is 4.97. The molecule has 0 spiro atoms. The van der Waals surface area contributed by atoms with Gasteiger partial charge in [0.1, 0.15) is 5.69 Å². The third-order valence-corrected chi connectivity index (χ3v) is 4.97. The summed E-state index contributed by atoms with van der Waals surface area (Å²) in [6.45, 7) is 1.23. The number of anilines is 1. The molecule has 24 heavy (non-hydrogen) atoms. The summed E-state index contributed by atoms with van der Waals surface area (Å²) < 4.78 is 38.3. The van der Waals surface area contributed by atoms with Crippen LogP contribution in [0.3, 0.4) is 0 Å².